The lowest BCUT2D eigenvalue weighted by Gasteiger charge is -2.05. The van der Waals surface area contributed by atoms with E-state index >= 15 is 0 Å². The molecule has 0 aliphatic carbocycles. The van der Waals surface area contributed by atoms with E-state index in [0.717, 1.165) is 16.4 Å². The molecule has 0 bridgehead atoms. The van der Waals surface area contributed by atoms with E-state index in [-0.39, 0.29) is 22.3 Å². The van der Waals surface area contributed by atoms with Crippen LogP contribution in [0.5, 0.6) is 0 Å². The van der Waals surface area contributed by atoms with E-state index in [1.165, 1.54) is 6.07 Å². The largest absolute Gasteiger partial charge is 0.481 e. The van der Waals surface area contributed by atoms with E-state index in [4.69, 9.17) is 10.9 Å². The number of carboxylic acids is 1. The van der Waals surface area contributed by atoms with Gasteiger partial charge < -0.3 is 10.9 Å². The van der Waals surface area contributed by atoms with Crippen molar-refractivity contribution in [1.82, 2.24) is 14.9 Å². The summed E-state index contributed by atoms with van der Waals surface area (Å²) in [5.74, 6) is 4.18. The van der Waals surface area contributed by atoms with Gasteiger partial charge in [-0.25, -0.2) is 9.07 Å². The lowest BCUT2D eigenvalue weighted by atomic mass is 10.2. The molecule has 0 saturated heterocycles. The third-order valence-electron chi connectivity index (χ3n) is 2.18. The van der Waals surface area contributed by atoms with E-state index in [9.17, 15) is 9.18 Å². The summed E-state index contributed by atoms with van der Waals surface area (Å²) in [4.78, 5) is 10.5. The number of rotatable bonds is 4. The van der Waals surface area contributed by atoms with Gasteiger partial charge in [0.05, 0.1) is 11.3 Å². The molecule has 2 aromatic rings. The predicted molar refractivity (Wildman–Crippen MR) is 71.6 cm³/mol. The van der Waals surface area contributed by atoms with Crippen molar-refractivity contribution in [2.75, 3.05) is 11.6 Å². The van der Waals surface area contributed by atoms with E-state index < -0.39 is 11.8 Å². The third-order valence-corrected chi connectivity index (χ3v) is 3.76. The summed E-state index contributed by atoms with van der Waals surface area (Å²) in [6.07, 6.45) is 0. The molecule has 1 heterocycles. The van der Waals surface area contributed by atoms with Crippen molar-refractivity contribution in [1.29, 1.82) is 0 Å². The highest BCUT2D eigenvalue weighted by molar-refractivity contribution is 9.10. The SMILES string of the molecule is Nn1c(SCC(=O)O)nnc1-c1c(F)cccc1Br. The molecule has 0 atom stereocenters. The van der Waals surface area contributed by atoms with Gasteiger partial charge in [-0.05, 0) is 28.1 Å². The standard InChI is InChI=1S/C10H8BrFN4O2S/c11-5-2-1-3-6(12)8(5)9-14-15-10(16(9)13)19-4-7(17)18/h1-3H,4,13H2,(H,17,18). The number of halogens is 2. The number of carbonyl (C=O) groups is 1. The number of thioether (sulfide) groups is 1. The zero-order valence-electron chi connectivity index (χ0n) is 9.38. The van der Waals surface area contributed by atoms with Crippen molar-refractivity contribution in [2.45, 2.75) is 5.16 Å². The Balaban J connectivity index is 2.39. The summed E-state index contributed by atoms with van der Waals surface area (Å²) in [6, 6.07) is 4.47. The van der Waals surface area contributed by atoms with Gasteiger partial charge >= 0.3 is 5.97 Å². The first-order valence-corrected chi connectivity index (χ1v) is 6.78. The molecule has 3 N–H and O–H groups in total. The van der Waals surface area contributed by atoms with E-state index in [2.05, 4.69) is 26.1 Å². The number of hydrogen-bond acceptors (Lipinski definition) is 5. The first-order chi connectivity index (χ1) is 9.00. The molecule has 100 valence electrons. The second kappa shape index (κ2) is 5.57. The number of carboxylic acid groups (broad SMARTS) is 1. The van der Waals surface area contributed by atoms with Crippen LogP contribution in [0.15, 0.2) is 27.8 Å². The molecule has 0 amide bonds. The van der Waals surface area contributed by atoms with Gasteiger partial charge in [0.2, 0.25) is 5.16 Å². The van der Waals surface area contributed by atoms with Crippen LogP contribution in [0, 0.1) is 5.82 Å². The second-order valence-corrected chi connectivity index (χ2v) is 5.25. The lowest BCUT2D eigenvalue weighted by Crippen LogP contribution is -2.13. The van der Waals surface area contributed by atoms with Crippen LogP contribution in [0.4, 0.5) is 4.39 Å². The Morgan fingerprint density at radius 1 is 1.53 bits per heavy atom. The summed E-state index contributed by atoms with van der Waals surface area (Å²) in [5, 5.41) is 16.3. The smallest absolute Gasteiger partial charge is 0.313 e. The average Bonchev–Trinajstić information content (AvgIpc) is 2.68. The molecule has 0 fully saturated rings. The van der Waals surface area contributed by atoms with Gasteiger partial charge in [-0.2, -0.15) is 0 Å². The third kappa shape index (κ3) is 2.87. The monoisotopic (exact) mass is 346 g/mol. The molecule has 6 nitrogen and oxygen atoms in total. The van der Waals surface area contributed by atoms with Crippen LogP contribution in [0.2, 0.25) is 0 Å². The number of nitrogens with zero attached hydrogens (tertiary/aromatic N) is 3. The second-order valence-electron chi connectivity index (χ2n) is 3.46. The van der Waals surface area contributed by atoms with Crippen molar-refractivity contribution >= 4 is 33.7 Å². The van der Waals surface area contributed by atoms with Gasteiger partial charge in [-0.1, -0.05) is 17.8 Å². The highest BCUT2D eigenvalue weighted by Crippen LogP contribution is 2.30. The normalized spacial score (nSPS) is 10.6. The molecular weight excluding hydrogens is 339 g/mol. The van der Waals surface area contributed by atoms with Gasteiger partial charge in [-0.15, -0.1) is 10.2 Å². The quantitative estimate of drug-likeness (QED) is 0.646. The van der Waals surface area contributed by atoms with Crippen LogP contribution in [-0.4, -0.2) is 31.7 Å². The summed E-state index contributed by atoms with van der Waals surface area (Å²) in [7, 11) is 0. The Morgan fingerprint density at radius 2 is 2.26 bits per heavy atom. The number of aliphatic carboxylic acids is 1. The number of hydrogen-bond donors (Lipinski definition) is 2. The molecule has 0 saturated carbocycles. The van der Waals surface area contributed by atoms with Crippen LogP contribution in [0.25, 0.3) is 11.4 Å². The minimum atomic E-state index is -0.998. The van der Waals surface area contributed by atoms with Crippen LogP contribution < -0.4 is 5.84 Å². The van der Waals surface area contributed by atoms with Crippen LogP contribution in [-0.2, 0) is 4.79 Å². The maximum absolute atomic E-state index is 13.8. The van der Waals surface area contributed by atoms with Crippen molar-refractivity contribution in [3.05, 3.63) is 28.5 Å². The van der Waals surface area contributed by atoms with Gasteiger partial charge in [0.1, 0.15) is 5.82 Å². The highest BCUT2D eigenvalue weighted by atomic mass is 79.9. The summed E-state index contributed by atoms with van der Waals surface area (Å²) >= 11 is 4.12. The van der Waals surface area contributed by atoms with E-state index in [1.54, 1.807) is 12.1 Å². The van der Waals surface area contributed by atoms with Crippen LogP contribution in [0.1, 0.15) is 0 Å². The van der Waals surface area contributed by atoms with E-state index in [1.807, 2.05) is 0 Å². The molecule has 1 aromatic carbocycles. The van der Waals surface area contributed by atoms with Gasteiger partial charge in [0.25, 0.3) is 0 Å². The van der Waals surface area contributed by atoms with Crippen LogP contribution in [0.3, 0.4) is 0 Å². The zero-order valence-corrected chi connectivity index (χ0v) is 11.8. The topological polar surface area (TPSA) is 94.0 Å². The van der Waals surface area contributed by atoms with Crippen LogP contribution >= 0.6 is 27.7 Å². The molecule has 0 aliphatic rings. The van der Waals surface area contributed by atoms with Gasteiger partial charge in [0.15, 0.2) is 5.82 Å². The van der Waals surface area contributed by atoms with E-state index in [0.29, 0.717) is 4.47 Å². The predicted octanol–water partition coefficient (Wildman–Crippen LogP) is 1.74. The fourth-order valence-corrected chi connectivity index (χ4v) is 2.48. The summed E-state index contributed by atoms with van der Waals surface area (Å²) < 4.78 is 15.3. The fraction of sp³-hybridized carbons (Fsp3) is 0.100. The van der Waals surface area contributed by atoms with Crippen molar-refractivity contribution in [3.8, 4) is 11.4 Å². The number of nitrogen functional groups attached to an aromatic ring is 1. The Hall–Kier alpha value is -1.61. The van der Waals surface area contributed by atoms with Crippen molar-refractivity contribution in [3.63, 3.8) is 0 Å². The summed E-state index contributed by atoms with van der Waals surface area (Å²) in [5.41, 5.74) is 0.180. The first kappa shape index (κ1) is 13.8. The molecular formula is C10H8BrFN4O2S. The Morgan fingerprint density at radius 3 is 2.89 bits per heavy atom. The minimum Gasteiger partial charge on any atom is -0.481 e. The van der Waals surface area contributed by atoms with Crippen molar-refractivity contribution in [2.24, 2.45) is 0 Å². The Bertz CT molecular complexity index is 614. The Labute approximate surface area is 119 Å². The Kier molecular flexibility index (Phi) is 4.05. The van der Waals surface area contributed by atoms with Gasteiger partial charge in [0, 0.05) is 4.47 Å². The molecule has 9 heteroatoms. The molecule has 0 aliphatic heterocycles. The minimum absolute atomic E-state index is 0.123. The maximum atomic E-state index is 13.8. The number of nitrogens with two attached hydrogens (primary N) is 1. The highest BCUT2D eigenvalue weighted by Gasteiger charge is 2.18. The molecule has 0 unspecified atom stereocenters. The number of benzene rings is 1. The first-order valence-electron chi connectivity index (χ1n) is 5.00. The lowest BCUT2D eigenvalue weighted by molar-refractivity contribution is -0.133. The fourth-order valence-electron chi connectivity index (χ4n) is 1.38. The molecule has 1 aromatic heterocycles. The molecule has 19 heavy (non-hydrogen) atoms. The average molecular weight is 347 g/mol. The summed E-state index contributed by atoms with van der Waals surface area (Å²) in [6.45, 7) is 0. The number of aromatic nitrogens is 3. The van der Waals surface area contributed by atoms with Gasteiger partial charge in [-0.3, -0.25) is 4.79 Å². The molecule has 0 spiro atoms. The molecule has 2 rings (SSSR count). The zero-order chi connectivity index (χ0) is 14.0. The van der Waals surface area contributed by atoms with Crippen molar-refractivity contribution < 1.29 is 14.3 Å². The maximum Gasteiger partial charge on any atom is 0.313 e. The molecule has 0 radical (unpaired) electrons.